The molecule has 0 saturated carbocycles. The molecule has 0 aromatic heterocycles. The number of alkyl halides is 3. The van der Waals surface area contributed by atoms with Gasteiger partial charge in [-0.3, -0.25) is 0 Å². The summed E-state index contributed by atoms with van der Waals surface area (Å²) in [6.07, 6.45) is -4.50. The molecule has 0 amide bonds. The Morgan fingerprint density at radius 2 is 1.28 bits per heavy atom. The van der Waals surface area contributed by atoms with Crippen LogP contribution in [0.4, 0.5) is 13.2 Å². The summed E-state index contributed by atoms with van der Waals surface area (Å²) in [5.74, 6) is -2.45. The maximum absolute atomic E-state index is 13.1. The van der Waals surface area contributed by atoms with Crippen LogP contribution >= 0.6 is 0 Å². The number of carbonyl (C=O) groups is 2. The molecule has 0 saturated heterocycles. The highest BCUT2D eigenvalue weighted by Gasteiger charge is 2.41. The Labute approximate surface area is 186 Å². The number of halogens is 3. The molecule has 0 spiro atoms. The van der Waals surface area contributed by atoms with Crippen molar-refractivity contribution in [3.8, 4) is 0 Å². The third kappa shape index (κ3) is 5.34. The molecule has 8 heteroatoms. The Hall–Kier alpha value is -2.77. The second kappa shape index (κ2) is 10.2. The van der Waals surface area contributed by atoms with Crippen molar-refractivity contribution in [2.24, 2.45) is 11.8 Å². The summed E-state index contributed by atoms with van der Waals surface area (Å²) < 4.78 is 50.0. The zero-order valence-electron chi connectivity index (χ0n) is 19.2. The van der Waals surface area contributed by atoms with Gasteiger partial charge in [-0.15, -0.1) is 0 Å². The van der Waals surface area contributed by atoms with Gasteiger partial charge >= 0.3 is 18.1 Å². The van der Waals surface area contributed by atoms with Crippen molar-refractivity contribution in [3.05, 3.63) is 57.9 Å². The van der Waals surface area contributed by atoms with E-state index in [1.54, 1.807) is 13.8 Å². The molecule has 1 heterocycles. The number of esters is 2. The van der Waals surface area contributed by atoms with Crippen LogP contribution in [-0.2, 0) is 25.2 Å². The number of dihydropyridines is 1. The smallest absolute Gasteiger partial charge is 0.416 e. The van der Waals surface area contributed by atoms with E-state index < -0.39 is 29.6 Å². The molecule has 0 fully saturated rings. The number of rotatable bonds is 7. The van der Waals surface area contributed by atoms with Gasteiger partial charge < -0.3 is 14.8 Å². The van der Waals surface area contributed by atoms with Gasteiger partial charge in [0.05, 0.1) is 35.8 Å². The monoisotopic (exact) mass is 453 g/mol. The van der Waals surface area contributed by atoms with Crippen molar-refractivity contribution in [2.45, 2.75) is 53.6 Å². The van der Waals surface area contributed by atoms with Gasteiger partial charge in [0.15, 0.2) is 0 Å². The molecule has 0 aliphatic carbocycles. The van der Waals surface area contributed by atoms with E-state index in [9.17, 15) is 22.8 Å². The molecule has 32 heavy (non-hydrogen) atoms. The van der Waals surface area contributed by atoms with Crippen LogP contribution in [0.2, 0.25) is 0 Å². The van der Waals surface area contributed by atoms with E-state index in [1.807, 2.05) is 27.7 Å². The van der Waals surface area contributed by atoms with Crippen LogP contribution in [0.15, 0.2) is 46.8 Å². The molecule has 0 radical (unpaired) electrons. The first-order valence-corrected chi connectivity index (χ1v) is 10.7. The van der Waals surface area contributed by atoms with E-state index in [2.05, 4.69) is 5.32 Å². The normalized spacial score (nSPS) is 15.3. The van der Waals surface area contributed by atoms with Crippen molar-refractivity contribution in [2.75, 3.05) is 13.2 Å². The average Bonchev–Trinajstić information content (AvgIpc) is 2.71. The SMILES string of the molecule is CCOC(=O)C1=C(C(C)C)NC(C(C)C)=C(C(=O)OCC)C1c1ccc(C(F)(F)F)cc1. The number of allylic oxidation sites excluding steroid dienone is 2. The molecular weight excluding hydrogens is 423 g/mol. The van der Waals surface area contributed by atoms with Crippen molar-refractivity contribution >= 4 is 11.9 Å². The van der Waals surface area contributed by atoms with E-state index in [-0.39, 0.29) is 36.2 Å². The highest BCUT2D eigenvalue weighted by Crippen LogP contribution is 2.43. The second-order valence-electron chi connectivity index (χ2n) is 8.08. The molecule has 1 N–H and O–H groups in total. The summed E-state index contributed by atoms with van der Waals surface area (Å²) in [6.45, 7) is 11.1. The predicted octanol–water partition coefficient (Wildman–Crippen LogP) is 5.34. The maximum Gasteiger partial charge on any atom is 0.416 e. The summed E-state index contributed by atoms with van der Waals surface area (Å²) in [6, 6.07) is 4.50. The lowest BCUT2D eigenvalue weighted by Gasteiger charge is -2.35. The second-order valence-corrected chi connectivity index (χ2v) is 8.08. The molecule has 1 aromatic carbocycles. The number of benzene rings is 1. The van der Waals surface area contributed by atoms with Gasteiger partial charge in [0, 0.05) is 11.4 Å². The van der Waals surface area contributed by atoms with Crippen LogP contribution in [0.1, 0.15) is 58.6 Å². The molecule has 0 bridgehead atoms. The van der Waals surface area contributed by atoms with Crippen LogP contribution in [0.5, 0.6) is 0 Å². The molecular formula is C24H30F3NO4. The lowest BCUT2D eigenvalue weighted by atomic mass is 9.77. The van der Waals surface area contributed by atoms with Crippen molar-refractivity contribution in [1.29, 1.82) is 0 Å². The summed E-state index contributed by atoms with van der Waals surface area (Å²) in [4.78, 5) is 26.1. The van der Waals surface area contributed by atoms with Crippen LogP contribution in [0.3, 0.4) is 0 Å². The summed E-state index contributed by atoms with van der Waals surface area (Å²) in [5, 5.41) is 3.24. The average molecular weight is 454 g/mol. The zero-order chi connectivity index (χ0) is 24.2. The van der Waals surface area contributed by atoms with E-state index in [4.69, 9.17) is 9.47 Å². The van der Waals surface area contributed by atoms with E-state index in [0.29, 0.717) is 17.0 Å². The summed E-state index contributed by atoms with van der Waals surface area (Å²) >= 11 is 0. The fourth-order valence-electron chi connectivity index (χ4n) is 3.72. The highest BCUT2D eigenvalue weighted by atomic mass is 19.4. The lowest BCUT2D eigenvalue weighted by molar-refractivity contribution is -0.140. The molecule has 0 unspecified atom stereocenters. The standard InChI is InChI=1S/C24H30F3NO4/c1-7-31-22(29)18-17(15-9-11-16(12-10-15)24(25,26)27)19(23(30)32-8-2)21(14(5)6)28-20(18)13(3)4/h9-14,17,28H,7-8H2,1-6H3. The number of hydrogen-bond donors (Lipinski definition) is 1. The predicted molar refractivity (Wildman–Crippen MR) is 114 cm³/mol. The minimum atomic E-state index is -4.50. The Bertz CT molecular complexity index is 866. The van der Waals surface area contributed by atoms with Crippen LogP contribution in [0.25, 0.3) is 0 Å². The topological polar surface area (TPSA) is 64.6 Å². The molecule has 176 valence electrons. The first-order chi connectivity index (χ1) is 14.9. The molecule has 0 atom stereocenters. The first kappa shape index (κ1) is 25.5. The summed E-state index contributed by atoms with van der Waals surface area (Å²) in [5.41, 5.74) is 1.12. The third-order valence-corrected chi connectivity index (χ3v) is 5.14. The van der Waals surface area contributed by atoms with Gasteiger partial charge in [-0.05, 0) is 43.4 Å². The molecule has 1 aliphatic heterocycles. The van der Waals surface area contributed by atoms with Crippen LogP contribution in [0, 0.1) is 11.8 Å². The van der Waals surface area contributed by atoms with Crippen molar-refractivity contribution < 1.29 is 32.2 Å². The number of nitrogens with one attached hydrogen (secondary N) is 1. The van der Waals surface area contributed by atoms with Gasteiger partial charge in [-0.25, -0.2) is 9.59 Å². The van der Waals surface area contributed by atoms with Crippen LogP contribution in [-0.4, -0.2) is 25.2 Å². The third-order valence-electron chi connectivity index (χ3n) is 5.14. The Balaban J connectivity index is 2.83. The Morgan fingerprint density at radius 1 is 0.875 bits per heavy atom. The molecule has 1 aliphatic rings. The van der Waals surface area contributed by atoms with E-state index >= 15 is 0 Å². The minimum absolute atomic E-state index is 0.114. The fourth-order valence-corrected chi connectivity index (χ4v) is 3.72. The maximum atomic E-state index is 13.1. The number of carbonyl (C=O) groups excluding carboxylic acids is 2. The van der Waals surface area contributed by atoms with Gasteiger partial charge in [0.1, 0.15) is 0 Å². The van der Waals surface area contributed by atoms with Gasteiger partial charge in [-0.1, -0.05) is 39.8 Å². The number of ether oxygens (including phenoxy) is 2. The van der Waals surface area contributed by atoms with Gasteiger partial charge in [0.2, 0.25) is 0 Å². The quantitative estimate of drug-likeness (QED) is 0.565. The zero-order valence-corrected chi connectivity index (χ0v) is 19.2. The van der Waals surface area contributed by atoms with E-state index in [0.717, 1.165) is 12.1 Å². The van der Waals surface area contributed by atoms with Crippen LogP contribution < -0.4 is 5.32 Å². The Morgan fingerprint density at radius 3 is 1.59 bits per heavy atom. The van der Waals surface area contributed by atoms with E-state index in [1.165, 1.54) is 12.1 Å². The largest absolute Gasteiger partial charge is 0.463 e. The minimum Gasteiger partial charge on any atom is -0.463 e. The summed E-state index contributed by atoms with van der Waals surface area (Å²) in [7, 11) is 0. The lowest BCUT2D eigenvalue weighted by Crippen LogP contribution is -2.37. The number of hydrogen-bond acceptors (Lipinski definition) is 5. The first-order valence-electron chi connectivity index (χ1n) is 10.7. The molecule has 1 aromatic rings. The van der Waals surface area contributed by atoms with Gasteiger partial charge in [-0.2, -0.15) is 13.2 Å². The molecule has 5 nitrogen and oxygen atoms in total. The van der Waals surface area contributed by atoms with Crippen molar-refractivity contribution in [3.63, 3.8) is 0 Å². The van der Waals surface area contributed by atoms with Crippen molar-refractivity contribution in [1.82, 2.24) is 5.32 Å². The fraction of sp³-hybridized carbons (Fsp3) is 0.500. The highest BCUT2D eigenvalue weighted by molar-refractivity contribution is 6.00. The van der Waals surface area contributed by atoms with Gasteiger partial charge in [0.25, 0.3) is 0 Å². The Kier molecular flexibility index (Phi) is 8.15. The molecule has 2 rings (SSSR count).